The molecule has 0 atom stereocenters. The van der Waals surface area contributed by atoms with Gasteiger partial charge in [-0.1, -0.05) is 18.5 Å². The van der Waals surface area contributed by atoms with Crippen molar-refractivity contribution in [1.82, 2.24) is 9.80 Å². The minimum absolute atomic E-state index is 0.0815. The molecule has 1 aromatic carbocycles. The van der Waals surface area contributed by atoms with Gasteiger partial charge in [0.25, 0.3) is 0 Å². The molecular weight excluding hydrogens is 278 g/mol. The van der Waals surface area contributed by atoms with Gasteiger partial charge in [0.1, 0.15) is 5.75 Å². The number of rotatable bonds is 3. The van der Waals surface area contributed by atoms with Crippen molar-refractivity contribution >= 4 is 23.3 Å². The normalized spacial score (nSPS) is 16.1. The number of carbonyl (C=O) groups excluding carboxylic acids is 1. The molecule has 1 saturated heterocycles. The smallest absolute Gasteiger partial charge is 0.321 e. The summed E-state index contributed by atoms with van der Waals surface area (Å²) in [6, 6.07) is 5.14. The predicted octanol–water partition coefficient (Wildman–Crippen LogP) is 2.52. The molecule has 0 spiro atoms. The number of nitrogens with one attached hydrogen (secondary N) is 1. The van der Waals surface area contributed by atoms with Crippen LogP contribution in [0.25, 0.3) is 0 Å². The Morgan fingerprint density at radius 2 is 2.05 bits per heavy atom. The van der Waals surface area contributed by atoms with Crippen molar-refractivity contribution in [3.8, 4) is 5.75 Å². The van der Waals surface area contributed by atoms with Crippen LogP contribution in [0.3, 0.4) is 0 Å². The Labute approximate surface area is 124 Å². The number of hydrogen-bond acceptors (Lipinski definition) is 3. The summed E-state index contributed by atoms with van der Waals surface area (Å²) in [6.45, 7) is 6.52. The van der Waals surface area contributed by atoms with Gasteiger partial charge < -0.3 is 19.9 Å². The molecule has 0 saturated carbocycles. The maximum Gasteiger partial charge on any atom is 0.321 e. The molecule has 1 aliphatic heterocycles. The lowest BCUT2D eigenvalue weighted by Crippen LogP contribution is -2.49. The summed E-state index contributed by atoms with van der Waals surface area (Å²) < 4.78 is 5.08. The predicted molar refractivity (Wildman–Crippen MR) is 80.7 cm³/mol. The van der Waals surface area contributed by atoms with Crippen molar-refractivity contribution in [3.05, 3.63) is 23.2 Å². The number of anilines is 1. The molecule has 0 radical (unpaired) electrons. The largest absolute Gasteiger partial charge is 0.495 e. The Hall–Kier alpha value is -1.46. The zero-order chi connectivity index (χ0) is 14.5. The van der Waals surface area contributed by atoms with Gasteiger partial charge in [-0.25, -0.2) is 4.79 Å². The molecule has 0 aliphatic carbocycles. The summed E-state index contributed by atoms with van der Waals surface area (Å²) in [5.74, 6) is 0.598. The Morgan fingerprint density at radius 1 is 1.35 bits per heavy atom. The van der Waals surface area contributed by atoms with E-state index in [-0.39, 0.29) is 6.03 Å². The van der Waals surface area contributed by atoms with Gasteiger partial charge in [0.2, 0.25) is 0 Å². The fraction of sp³-hybridized carbons (Fsp3) is 0.500. The second-order valence-electron chi connectivity index (χ2n) is 4.70. The highest BCUT2D eigenvalue weighted by atomic mass is 35.5. The van der Waals surface area contributed by atoms with E-state index in [0.717, 1.165) is 32.7 Å². The molecule has 2 rings (SSSR count). The van der Waals surface area contributed by atoms with Crippen LogP contribution in [0.1, 0.15) is 6.92 Å². The van der Waals surface area contributed by atoms with Gasteiger partial charge in [-0.3, -0.25) is 0 Å². The van der Waals surface area contributed by atoms with E-state index in [1.165, 1.54) is 0 Å². The fourth-order valence-corrected chi connectivity index (χ4v) is 2.47. The van der Waals surface area contributed by atoms with E-state index in [9.17, 15) is 4.79 Å². The number of urea groups is 1. The summed E-state index contributed by atoms with van der Waals surface area (Å²) >= 11 is 6.04. The third-order valence-electron chi connectivity index (χ3n) is 3.51. The number of hydrogen-bond donors (Lipinski definition) is 1. The van der Waals surface area contributed by atoms with Crippen LogP contribution in [0.2, 0.25) is 5.02 Å². The van der Waals surface area contributed by atoms with Crippen LogP contribution in [-0.4, -0.2) is 55.7 Å². The van der Waals surface area contributed by atoms with Crippen molar-refractivity contribution in [2.24, 2.45) is 0 Å². The number of amides is 2. The molecule has 1 aromatic rings. The zero-order valence-corrected chi connectivity index (χ0v) is 12.6. The topological polar surface area (TPSA) is 44.8 Å². The first-order valence-electron chi connectivity index (χ1n) is 6.76. The van der Waals surface area contributed by atoms with Crippen LogP contribution in [0.4, 0.5) is 10.5 Å². The standard InChI is InChI=1S/C14H20ClN3O2/c1-3-17-6-8-18(9-7-17)14(19)16-11-4-5-13(20-2)12(15)10-11/h4-5,10H,3,6-9H2,1-2H3,(H,16,19). The monoisotopic (exact) mass is 297 g/mol. The third kappa shape index (κ3) is 3.55. The molecule has 1 heterocycles. The Balaban J connectivity index is 1.93. The molecule has 2 amide bonds. The van der Waals surface area contributed by atoms with Gasteiger partial charge in [-0.2, -0.15) is 0 Å². The van der Waals surface area contributed by atoms with E-state index in [0.29, 0.717) is 16.5 Å². The van der Waals surface area contributed by atoms with Crippen LogP contribution in [-0.2, 0) is 0 Å². The van der Waals surface area contributed by atoms with Gasteiger partial charge >= 0.3 is 6.03 Å². The molecule has 1 fully saturated rings. The highest BCUT2D eigenvalue weighted by Gasteiger charge is 2.20. The van der Waals surface area contributed by atoms with E-state index >= 15 is 0 Å². The molecule has 0 unspecified atom stereocenters. The van der Waals surface area contributed by atoms with Crippen molar-refractivity contribution in [2.75, 3.05) is 45.2 Å². The lowest BCUT2D eigenvalue weighted by molar-refractivity contribution is 0.151. The van der Waals surface area contributed by atoms with Crippen molar-refractivity contribution in [3.63, 3.8) is 0 Å². The van der Waals surface area contributed by atoms with Crippen LogP contribution < -0.4 is 10.1 Å². The molecule has 0 bridgehead atoms. The van der Waals surface area contributed by atoms with Crippen molar-refractivity contribution in [1.29, 1.82) is 0 Å². The lowest BCUT2D eigenvalue weighted by Gasteiger charge is -2.34. The SMILES string of the molecule is CCN1CCN(C(=O)Nc2ccc(OC)c(Cl)c2)CC1. The number of piperazine rings is 1. The first-order chi connectivity index (χ1) is 9.63. The number of carbonyl (C=O) groups is 1. The number of nitrogens with zero attached hydrogens (tertiary/aromatic N) is 2. The third-order valence-corrected chi connectivity index (χ3v) is 3.81. The van der Waals surface area contributed by atoms with Gasteiger partial charge in [0, 0.05) is 31.9 Å². The van der Waals surface area contributed by atoms with Gasteiger partial charge in [-0.15, -0.1) is 0 Å². The summed E-state index contributed by atoms with van der Waals surface area (Å²) in [5, 5.41) is 3.35. The van der Waals surface area contributed by atoms with Crippen molar-refractivity contribution < 1.29 is 9.53 Å². The number of benzene rings is 1. The van der Waals surface area contributed by atoms with Crippen LogP contribution >= 0.6 is 11.6 Å². The summed E-state index contributed by atoms with van der Waals surface area (Å²) in [6.07, 6.45) is 0. The average Bonchev–Trinajstić information content (AvgIpc) is 2.47. The minimum Gasteiger partial charge on any atom is -0.495 e. The van der Waals surface area contributed by atoms with E-state index < -0.39 is 0 Å². The van der Waals surface area contributed by atoms with E-state index in [1.807, 2.05) is 4.90 Å². The first-order valence-corrected chi connectivity index (χ1v) is 7.13. The Kier molecular flexibility index (Phi) is 5.09. The number of likely N-dealkylation sites (N-methyl/N-ethyl adjacent to an activating group) is 1. The number of methoxy groups -OCH3 is 1. The highest BCUT2D eigenvalue weighted by molar-refractivity contribution is 6.32. The fourth-order valence-electron chi connectivity index (χ4n) is 2.21. The molecule has 110 valence electrons. The van der Waals surface area contributed by atoms with Gasteiger partial charge in [0.15, 0.2) is 0 Å². The Bertz CT molecular complexity index is 473. The van der Waals surface area contributed by atoms with E-state index in [1.54, 1.807) is 25.3 Å². The quantitative estimate of drug-likeness (QED) is 0.932. The van der Waals surface area contributed by atoms with Crippen molar-refractivity contribution in [2.45, 2.75) is 6.92 Å². The molecule has 20 heavy (non-hydrogen) atoms. The van der Waals surface area contributed by atoms with Gasteiger partial charge in [0.05, 0.1) is 12.1 Å². The van der Waals surface area contributed by atoms with Crippen LogP contribution in [0, 0.1) is 0 Å². The highest BCUT2D eigenvalue weighted by Crippen LogP contribution is 2.27. The summed E-state index contributed by atoms with van der Waals surface area (Å²) in [5.41, 5.74) is 0.679. The maximum absolute atomic E-state index is 12.2. The molecule has 0 aromatic heterocycles. The lowest BCUT2D eigenvalue weighted by atomic mass is 10.3. The van der Waals surface area contributed by atoms with Crippen LogP contribution in [0.5, 0.6) is 5.75 Å². The minimum atomic E-state index is -0.0815. The summed E-state index contributed by atoms with van der Waals surface area (Å²) in [4.78, 5) is 16.3. The second-order valence-corrected chi connectivity index (χ2v) is 5.11. The molecule has 5 nitrogen and oxygen atoms in total. The summed E-state index contributed by atoms with van der Waals surface area (Å²) in [7, 11) is 1.56. The molecular formula is C14H20ClN3O2. The zero-order valence-electron chi connectivity index (χ0n) is 11.9. The number of ether oxygens (including phenoxy) is 1. The number of halogens is 1. The van der Waals surface area contributed by atoms with E-state index in [4.69, 9.17) is 16.3 Å². The second kappa shape index (κ2) is 6.81. The first kappa shape index (κ1) is 14.9. The van der Waals surface area contributed by atoms with Crippen LogP contribution in [0.15, 0.2) is 18.2 Å². The maximum atomic E-state index is 12.2. The average molecular weight is 298 g/mol. The van der Waals surface area contributed by atoms with Gasteiger partial charge in [-0.05, 0) is 24.7 Å². The molecule has 1 N–H and O–H groups in total. The Morgan fingerprint density at radius 3 is 2.60 bits per heavy atom. The molecule has 6 heteroatoms. The van der Waals surface area contributed by atoms with E-state index in [2.05, 4.69) is 17.1 Å². The molecule has 1 aliphatic rings.